The maximum absolute atomic E-state index is 5.21. The van der Waals surface area contributed by atoms with E-state index in [4.69, 9.17) is 4.74 Å². The first-order valence-electron chi connectivity index (χ1n) is 6.22. The summed E-state index contributed by atoms with van der Waals surface area (Å²) in [6.45, 7) is 1.18. The molecule has 16 heavy (non-hydrogen) atoms. The minimum Gasteiger partial charge on any atom is -0.497 e. The maximum atomic E-state index is 5.21. The van der Waals surface area contributed by atoms with Gasteiger partial charge in [0.05, 0.1) is 7.11 Å². The van der Waals surface area contributed by atoms with E-state index >= 15 is 0 Å². The molecule has 1 heterocycles. The van der Waals surface area contributed by atoms with Crippen LogP contribution in [0.15, 0.2) is 24.3 Å². The minimum atomic E-state index is 0.273. The summed E-state index contributed by atoms with van der Waals surface area (Å²) >= 11 is 0. The van der Waals surface area contributed by atoms with Gasteiger partial charge < -0.3 is 10.1 Å². The first-order chi connectivity index (χ1) is 7.82. The van der Waals surface area contributed by atoms with Crippen LogP contribution < -0.4 is 10.1 Å². The number of rotatable bonds is 2. The monoisotopic (exact) mass is 217 g/mol. The highest BCUT2D eigenvalue weighted by Crippen LogP contribution is 2.46. The second-order valence-electron chi connectivity index (χ2n) is 5.13. The van der Waals surface area contributed by atoms with Crippen molar-refractivity contribution in [3.63, 3.8) is 0 Å². The molecule has 2 bridgehead atoms. The van der Waals surface area contributed by atoms with Gasteiger partial charge in [-0.1, -0.05) is 12.1 Å². The van der Waals surface area contributed by atoms with Gasteiger partial charge in [-0.15, -0.1) is 0 Å². The quantitative estimate of drug-likeness (QED) is 0.822. The van der Waals surface area contributed by atoms with E-state index in [1.807, 2.05) is 0 Å². The lowest BCUT2D eigenvalue weighted by atomic mass is 9.84. The van der Waals surface area contributed by atoms with E-state index in [0.717, 1.165) is 11.7 Å². The molecule has 1 aliphatic heterocycles. The number of ether oxygens (including phenoxy) is 1. The van der Waals surface area contributed by atoms with Crippen molar-refractivity contribution in [1.82, 2.24) is 5.32 Å². The van der Waals surface area contributed by atoms with Crippen molar-refractivity contribution in [1.29, 1.82) is 0 Å². The molecule has 3 rings (SSSR count). The van der Waals surface area contributed by atoms with Crippen LogP contribution in [0.2, 0.25) is 0 Å². The SMILES string of the molecule is COc1ccc(C23CCC(CCN2)C3)cc1. The normalized spacial score (nSPS) is 32.7. The number of piperidine rings is 1. The van der Waals surface area contributed by atoms with Crippen molar-refractivity contribution >= 4 is 0 Å². The van der Waals surface area contributed by atoms with Crippen LogP contribution in [0.1, 0.15) is 31.2 Å². The summed E-state index contributed by atoms with van der Waals surface area (Å²) in [4.78, 5) is 0. The third-order valence-electron chi connectivity index (χ3n) is 4.28. The molecular formula is C14H19NO. The topological polar surface area (TPSA) is 21.3 Å². The highest BCUT2D eigenvalue weighted by molar-refractivity contribution is 5.33. The van der Waals surface area contributed by atoms with E-state index < -0.39 is 0 Å². The molecule has 1 saturated heterocycles. The molecule has 1 N–H and O–H groups in total. The van der Waals surface area contributed by atoms with Crippen molar-refractivity contribution in [2.75, 3.05) is 13.7 Å². The van der Waals surface area contributed by atoms with Gasteiger partial charge in [-0.2, -0.15) is 0 Å². The summed E-state index contributed by atoms with van der Waals surface area (Å²) in [5, 5.41) is 3.74. The van der Waals surface area contributed by atoms with Crippen LogP contribution >= 0.6 is 0 Å². The molecule has 2 unspecified atom stereocenters. The Hall–Kier alpha value is -1.02. The Bertz CT molecular complexity index is 369. The molecule has 2 atom stereocenters. The van der Waals surface area contributed by atoms with Crippen LogP contribution in [0.5, 0.6) is 5.75 Å². The lowest BCUT2D eigenvalue weighted by Crippen LogP contribution is -2.43. The maximum Gasteiger partial charge on any atom is 0.118 e. The van der Waals surface area contributed by atoms with E-state index in [0.29, 0.717) is 0 Å². The number of hydrogen-bond donors (Lipinski definition) is 1. The molecule has 1 aliphatic carbocycles. The second-order valence-corrected chi connectivity index (χ2v) is 5.13. The van der Waals surface area contributed by atoms with Crippen molar-refractivity contribution in [3.8, 4) is 5.75 Å². The molecule has 86 valence electrons. The Morgan fingerprint density at radius 3 is 2.81 bits per heavy atom. The number of fused-ring (bicyclic) bond motifs is 2. The highest BCUT2D eigenvalue weighted by Gasteiger charge is 2.42. The summed E-state index contributed by atoms with van der Waals surface area (Å²) in [5.41, 5.74) is 1.71. The fourth-order valence-corrected chi connectivity index (χ4v) is 3.34. The Balaban J connectivity index is 1.90. The van der Waals surface area contributed by atoms with Crippen molar-refractivity contribution in [2.45, 2.75) is 31.2 Å². The standard InChI is InChI=1S/C14H19NO/c1-16-13-4-2-12(3-5-13)14-8-6-11(10-14)7-9-15-14/h2-5,11,15H,6-10H2,1H3. The van der Waals surface area contributed by atoms with Crippen LogP contribution in [0.3, 0.4) is 0 Å². The van der Waals surface area contributed by atoms with Crippen LogP contribution in [0, 0.1) is 5.92 Å². The van der Waals surface area contributed by atoms with Crippen LogP contribution in [0.4, 0.5) is 0 Å². The molecule has 2 heteroatoms. The Morgan fingerprint density at radius 1 is 1.25 bits per heavy atom. The van der Waals surface area contributed by atoms with Gasteiger partial charge in [0.1, 0.15) is 5.75 Å². The average molecular weight is 217 g/mol. The van der Waals surface area contributed by atoms with Gasteiger partial charge in [0.2, 0.25) is 0 Å². The largest absolute Gasteiger partial charge is 0.497 e. The summed E-state index contributed by atoms with van der Waals surface area (Å²) in [6.07, 6.45) is 5.36. The molecule has 1 aromatic carbocycles. The van der Waals surface area contributed by atoms with Gasteiger partial charge in [-0.25, -0.2) is 0 Å². The molecule has 0 radical (unpaired) electrons. The molecule has 2 nitrogen and oxygen atoms in total. The highest BCUT2D eigenvalue weighted by atomic mass is 16.5. The summed E-state index contributed by atoms with van der Waals surface area (Å²) in [7, 11) is 1.72. The van der Waals surface area contributed by atoms with Crippen molar-refractivity contribution in [3.05, 3.63) is 29.8 Å². The molecule has 0 aromatic heterocycles. The first kappa shape index (κ1) is 10.2. The third-order valence-corrected chi connectivity index (χ3v) is 4.28. The van der Waals surface area contributed by atoms with Gasteiger partial charge in [0.25, 0.3) is 0 Å². The smallest absolute Gasteiger partial charge is 0.118 e. The minimum absolute atomic E-state index is 0.273. The lowest BCUT2D eigenvalue weighted by Gasteiger charge is -2.35. The van der Waals surface area contributed by atoms with E-state index in [9.17, 15) is 0 Å². The van der Waals surface area contributed by atoms with E-state index in [-0.39, 0.29) is 5.54 Å². The zero-order valence-electron chi connectivity index (χ0n) is 9.83. The molecule has 2 fully saturated rings. The van der Waals surface area contributed by atoms with Gasteiger partial charge >= 0.3 is 0 Å². The van der Waals surface area contributed by atoms with Crippen molar-refractivity contribution < 1.29 is 4.74 Å². The molecule has 0 amide bonds. The fourth-order valence-electron chi connectivity index (χ4n) is 3.34. The average Bonchev–Trinajstić information content (AvgIpc) is 2.66. The van der Waals surface area contributed by atoms with Gasteiger partial charge in [-0.3, -0.25) is 0 Å². The molecule has 0 spiro atoms. The lowest BCUT2D eigenvalue weighted by molar-refractivity contribution is 0.274. The predicted molar refractivity (Wildman–Crippen MR) is 64.6 cm³/mol. The van der Waals surface area contributed by atoms with E-state index in [1.54, 1.807) is 7.11 Å². The van der Waals surface area contributed by atoms with E-state index in [1.165, 1.54) is 37.8 Å². The Morgan fingerprint density at radius 2 is 2.06 bits per heavy atom. The van der Waals surface area contributed by atoms with Gasteiger partial charge in [0.15, 0.2) is 0 Å². The van der Waals surface area contributed by atoms with Crippen molar-refractivity contribution in [2.24, 2.45) is 5.92 Å². The summed E-state index contributed by atoms with van der Waals surface area (Å²) in [5.74, 6) is 1.90. The molecular weight excluding hydrogens is 198 g/mol. The molecule has 2 aliphatic rings. The number of hydrogen-bond acceptors (Lipinski definition) is 2. The van der Waals surface area contributed by atoms with Crippen LogP contribution in [-0.4, -0.2) is 13.7 Å². The molecule has 1 saturated carbocycles. The Labute approximate surface area is 97.0 Å². The zero-order valence-corrected chi connectivity index (χ0v) is 9.83. The number of nitrogens with one attached hydrogen (secondary N) is 1. The zero-order chi connectivity index (χ0) is 11.0. The summed E-state index contributed by atoms with van der Waals surface area (Å²) < 4.78 is 5.21. The number of methoxy groups -OCH3 is 1. The Kier molecular flexibility index (Phi) is 2.40. The van der Waals surface area contributed by atoms with Crippen LogP contribution in [0.25, 0.3) is 0 Å². The third kappa shape index (κ3) is 1.52. The molecule has 1 aromatic rings. The van der Waals surface area contributed by atoms with Gasteiger partial charge in [-0.05, 0) is 55.8 Å². The van der Waals surface area contributed by atoms with Crippen LogP contribution in [-0.2, 0) is 5.54 Å². The summed E-state index contributed by atoms with van der Waals surface area (Å²) in [6, 6.07) is 8.60. The second kappa shape index (κ2) is 3.77. The first-order valence-corrected chi connectivity index (χ1v) is 6.22. The van der Waals surface area contributed by atoms with Gasteiger partial charge in [0, 0.05) is 5.54 Å². The fraction of sp³-hybridized carbons (Fsp3) is 0.571. The number of benzene rings is 1. The van der Waals surface area contributed by atoms with E-state index in [2.05, 4.69) is 29.6 Å². The predicted octanol–water partition coefficient (Wildman–Crippen LogP) is 2.68.